The largest absolute Gasteiger partial charge is 0.340 e. The van der Waals surface area contributed by atoms with Crippen molar-refractivity contribution in [1.29, 1.82) is 0 Å². The third-order valence-electron chi connectivity index (χ3n) is 2.99. The highest BCUT2D eigenvalue weighted by Crippen LogP contribution is 2.38. The number of carbonyl (C=O) groups is 1. The van der Waals surface area contributed by atoms with E-state index in [1.54, 1.807) is 0 Å². The molecule has 0 saturated carbocycles. The molecule has 0 spiro atoms. The van der Waals surface area contributed by atoms with Crippen molar-refractivity contribution in [2.75, 3.05) is 11.4 Å². The third-order valence-corrected chi connectivity index (χ3v) is 3.98. The Labute approximate surface area is 111 Å². The number of fused-ring (bicyclic) bond motifs is 1. The highest BCUT2D eigenvalue weighted by Gasteiger charge is 2.20. The first-order valence-corrected chi connectivity index (χ1v) is 6.78. The normalized spacial score (nSPS) is 15.1. The molecule has 1 aliphatic heterocycles. The summed E-state index contributed by atoms with van der Waals surface area (Å²) in [5, 5.41) is 0.237. The second-order valence-corrected chi connectivity index (χ2v) is 5.28. The van der Waals surface area contributed by atoms with Crippen LogP contribution in [0.3, 0.4) is 0 Å². The molecule has 0 aromatic heterocycles. The van der Waals surface area contributed by atoms with Gasteiger partial charge in [0.1, 0.15) is 0 Å². The van der Waals surface area contributed by atoms with E-state index in [-0.39, 0.29) is 5.12 Å². The van der Waals surface area contributed by atoms with E-state index < -0.39 is 0 Å². The molecule has 0 aliphatic carbocycles. The van der Waals surface area contributed by atoms with E-state index in [0.29, 0.717) is 6.42 Å². The molecule has 0 N–H and O–H groups in total. The Morgan fingerprint density at radius 1 is 0.944 bits per heavy atom. The average Bonchev–Trinajstić information content (AvgIpc) is 2.58. The van der Waals surface area contributed by atoms with Gasteiger partial charge in [-0.15, -0.1) is 0 Å². The standard InChI is InChI=1S/C15H13NOS/c17-15-10-11-16(12-6-2-1-3-7-12)13-8-4-5-9-14(13)18-15/h1-9H,10-11H2. The van der Waals surface area contributed by atoms with Crippen LogP contribution in [0.4, 0.5) is 11.4 Å². The van der Waals surface area contributed by atoms with Gasteiger partial charge in [0.15, 0.2) is 5.12 Å². The van der Waals surface area contributed by atoms with Crippen molar-refractivity contribution in [2.45, 2.75) is 11.3 Å². The van der Waals surface area contributed by atoms with Gasteiger partial charge >= 0.3 is 0 Å². The van der Waals surface area contributed by atoms with Crippen molar-refractivity contribution in [3.8, 4) is 0 Å². The van der Waals surface area contributed by atoms with E-state index in [0.717, 1.165) is 22.8 Å². The number of carbonyl (C=O) groups excluding carboxylic acids is 1. The van der Waals surface area contributed by atoms with Crippen LogP contribution in [0.5, 0.6) is 0 Å². The molecule has 90 valence electrons. The van der Waals surface area contributed by atoms with Crippen LogP contribution < -0.4 is 4.90 Å². The highest BCUT2D eigenvalue weighted by molar-refractivity contribution is 8.13. The van der Waals surface area contributed by atoms with Crippen molar-refractivity contribution in [2.24, 2.45) is 0 Å². The summed E-state index contributed by atoms with van der Waals surface area (Å²) in [6, 6.07) is 18.3. The molecule has 0 saturated heterocycles. The zero-order chi connectivity index (χ0) is 12.4. The van der Waals surface area contributed by atoms with Crippen LogP contribution in [0.1, 0.15) is 6.42 Å². The number of hydrogen-bond acceptors (Lipinski definition) is 3. The van der Waals surface area contributed by atoms with Gasteiger partial charge in [-0.3, -0.25) is 4.79 Å². The number of hydrogen-bond donors (Lipinski definition) is 0. The Kier molecular flexibility index (Phi) is 3.07. The van der Waals surface area contributed by atoms with Crippen LogP contribution in [0, 0.1) is 0 Å². The lowest BCUT2D eigenvalue weighted by Gasteiger charge is -2.24. The molecule has 2 nitrogen and oxygen atoms in total. The highest BCUT2D eigenvalue weighted by atomic mass is 32.2. The lowest BCUT2D eigenvalue weighted by molar-refractivity contribution is -0.110. The van der Waals surface area contributed by atoms with Crippen LogP contribution in [-0.4, -0.2) is 11.7 Å². The topological polar surface area (TPSA) is 20.3 Å². The summed E-state index contributed by atoms with van der Waals surface area (Å²) in [5.74, 6) is 0. The van der Waals surface area contributed by atoms with Gasteiger partial charge in [-0.25, -0.2) is 0 Å². The number of rotatable bonds is 1. The molecular weight excluding hydrogens is 242 g/mol. The van der Waals surface area contributed by atoms with Crippen LogP contribution in [0.15, 0.2) is 59.5 Å². The van der Waals surface area contributed by atoms with E-state index in [1.165, 1.54) is 11.8 Å². The second-order valence-electron chi connectivity index (χ2n) is 4.18. The maximum atomic E-state index is 11.8. The SMILES string of the molecule is O=C1CCN(c2ccccc2)c2ccccc2S1. The molecule has 2 aromatic carbocycles. The van der Waals surface area contributed by atoms with Gasteiger partial charge in [0.25, 0.3) is 0 Å². The minimum absolute atomic E-state index is 0.237. The summed E-state index contributed by atoms with van der Waals surface area (Å²) in [5.41, 5.74) is 2.26. The quantitative estimate of drug-likeness (QED) is 0.772. The fraction of sp³-hybridized carbons (Fsp3) is 0.133. The number of benzene rings is 2. The molecular formula is C15H13NOS. The van der Waals surface area contributed by atoms with Gasteiger partial charge in [0.05, 0.1) is 5.69 Å². The van der Waals surface area contributed by atoms with Crippen LogP contribution in [-0.2, 0) is 4.79 Å². The molecule has 2 aromatic rings. The molecule has 0 fully saturated rings. The number of para-hydroxylation sites is 2. The van der Waals surface area contributed by atoms with Crippen molar-refractivity contribution in [3.63, 3.8) is 0 Å². The molecule has 1 aliphatic rings. The molecule has 0 amide bonds. The number of anilines is 2. The molecule has 3 rings (SSSR count). The van der Waals surface area contributed by atoms with Gasteiger partial charge in [-0.2, -0.15) is 0 Å². The molecule has 0 bridgehead atoms. The van der Waals surface area contributed by atoms with Crippen molar-refractivity contribution < 1.29 is 4.79 Å². The summed E-state index contributed by atoms with van der Waals surface area (Å²) < 4.78 is 0. The van der Waals surface area contributed by atoms with Gasteiger partial charge in [0, 0.05) is 23.5 Å². The first-order valence-electron chi connectivity index (χ1n) is 5.97. The third kappa shape index (κ3) is 2.14. The van der Waals surface area contributed by atoms with Gasteiger partial charge < -0.3 is 4.90 Å². The zero-order valence-electron chi connectivity index (χ0n) is 9.87. The van der Waals surface area contributed by atoms with Crippen LogP contribution >= 0.6 is 11.8 Å². The summed E-state index contributed by atoms with van der Waals surface area (Å²) in [7, 11) is 0. The molecule has 0 atom stereocenters. The second kappa shape index (κ2) is 4.86. The van der Waals surface area contributed by atoms with Gasteiger partial charge in [0.2, 0.25) is 0 Å². The first-order chi connectivity index (χ1) is 8.84. The summed E-state index contributed by atoms with van der Waals surface area (Å²) in [6.07, 6.45) is 0.578. The maximum absolute atomic E-state index is 11.8. The minimum atomic E-state index is 0.237. The summed E-state index contributed by atoms with van der Waals surface area (Å²) >= 11 is 1.35. The Hall–Kier alpha value is -1.74. The predicted molar refractivity (Wildman–Crippen MR) is 75.4 cm³/mol. The fourth-order valence-corrected chi connectivity index (χ4v) is 3.01. The van der Waals surface area contributed by atoms with Crippen LogP contribution in [0.25, 0.3) is 0 Å². The first kappa shape index (κ1) is 11.4. The Morgan fingerprint density at radius 2 is 1.67 bits per heavy atom. The maximum Gasteiger partial charge on any atom is 0.195 e. The minimum Gasteiger partial charge on any atom is -0.340 e. The van der Waals surface area contributed by atoms with Gasteiger partial charge in [-0.1, -0.05) is 30.3 Å². The predicted octanol–water partition coefficient (Wildman–Crippen LogP) is 3.85. The zero-order valence-corrected chi connectivity index (χ0v) is 10.7. The number of nitrogens with zero attached hydrogens (tertiary/aromatic N) is 1. The van der Waals surface area contributed by atoms with Crippen molar-refractivity contribution in [3.05, 3.63) is 54.6 Å². The summed E-state index contributed by atoms with van der Waals surface area (Å²) in [4.78, 5) is 15.0. The van der Waals surface area contributed by atoms with E-state index >= 15 is 0 Å². The van der Waals surface area contributed by atoms with Crippen molar-refractivity contribution in [1.82, 2.24) is 0 Å². The van der Waals surface area contributed by atoms with Gasteiger partial charge in [-0.05, 0) is 36.0 Å². The van der Waals surface area contributed by atoms with Crippen LogP contribution in [0.2, 0.25) is 0 Å². The molecule has 18 heavy (non-hydrogen) atoms. The van der Waals surface area contributed by atoms with E-state index in [4.69, 9.17) is 0 Å². The molecule has 3 heteroatoms. The lowest BCUT2D eigenvalue weighted by atomic mass is 10.2. The fourth-order valence-electron chi connectivity index (χ4n) is 2.14. The Bertz CT molecular complexity index is 568. The average molecular weight is 255 g/mol. The smallest absolute Gasteiger partial charge is 0.195 e. The molecule has 1 heterocycles. The van der Waals surface area contributed by atoms with Crippen molar-refractivity contribution >= 4 is 28.3 Å². The Balaban J connectivity index is 2.08. The number of thioether (sulfide) groups is 1. The van der Waals surface area contributed by atoms with E-state index in [1.807, 2.05) is 36.4 Å². The monoisotopic (exact) mass is 255 g/mol. The van der Waals surface area contributed by atoms with E-state index in [9.17, 15) is 4.79 Å². The Morgan fingerprint density at radius 3 is 2.50 bits per heavy atom. The molecule has 0 unspecified atom stereocenters. The van der Waals surface area contributed by atoms with E-state index in [2.05, 4.69) is 23.1 Å². The lowest BCUT2D eigenvalue weighted by Crippen LogP contribution is -2.18. The molecule has 0 radical (unpaired) electrons. The summed E-state index contributed by atoms with van der Waals surface area (Å²) in [6.45, 7) is 0.743.